The molecule has 0 atom stereocenters. The molecule has 0 radical (unpaired) electrons. The van der Waals surface area contributed by atoms with E-state index in [1.54, 1.807) is 0 Å². The van der Waals surface area contributed by atoms with Gasteiger partial charge in [-0.05, 0) is 60.6 Å². The number of hydrogen-bond acceptors (Lipinski definition) is 3. The number of amides is 1. The van der Waals surface area contributed by atoms with Crippen molar-refractivity contribution in [3.05, 3.63) is 84.1 Å². The zero-order chi connectivity index (χ0) is 23.5. The Labute approximate surface area is 200 Å². The van der Waals surface area contributed by atoms with Crippen LogP contribution in [0.15, 0.2) is 72.8 Å². The molecule has 0 saturated heterocycles. The number of aromatic amines is 1. The molecule has 0 bridgehead atoms. The molecular formula is C29H29N3O2. The SMILES string of the molecule is CCN(CC)CCOc1ccc2[nH]c(/C=C3/C(=O)Nc4cc(-c5ccccc5)ccc43)cc2c1. The van der Waals surface area contributed by atoms with Gasteiger partial charge in [-0.25, -0.2) is 0 Å². The fraction of sp³-hybridized carbons (Fsp3) is 0.207. The van der Waals surface area contributed by atoms with Crippen LogP contribution in [-0.2, 0) is 4.79 Å². The van der Waals surface area contributed by atoms with Gasteiger partial charge in [0.05, 0.1) is 5.57 Å². The molecule has 5 nitrogen and oxygen atoms in total. The quantitative estimate of drug-likeness (QED) is 0.321. The number of carbonyl (C=O) groups excluding carboxylic acids is 1. The first-order chi connectivity index (χ1) is 16.6. The average molecular weight is 452 g/mol. The van der Waals surface area contributed by atoms with E-state index < -0.39 is 0 Å². The summed E-state index contributed by atoms with van der Waals surface area (Å²) in [7, 11) is 0. The number of likely N-dealkylation sites (N-methyl/N-ethyl adjacent to an activating group) is 1. The van der Waals surface area contributed by atoms with Gasteiger partial charge in [-0.1, -0.05) is 56.3 Å². The summed E-state index contributed by atoms with van der Waals surface area (Å²) in [6.45, 7) is 7.96. The maximum Gasteiger partial charge on any atom is 0.256 e. The number of H-pyrrole nitrogens is 1. The van der Waals surface area contributed by atoms with Crippen LogP contribution in [0.1, 0.15) is 25.1 Å². The maximum atomic E-state index is 12.8. The summed E-state index contributed by atoms with van der Waals surface area (Å²) in [6.07, 6.45) is 1.92. The van der Waals surface area contributed by atoms with Crippen molar-refractivity contribution < 1.29 is 9.53 Å². The van der Waals surface area contributed by atoms with Gasteiger partial charge in [0.1, 0.15) is 12.4 Å². The van der Waals surface area contributed by atoms with Crippen LogP contribution in [0, 0.1) is 0 Å². The Morgan fingerprint density at radius 3 is 2.53 bits per heavy atom. The van der Waals surface area contributed by atoms with Crippen LogP contribution in [0.5, 0.6) is 5.75 Å². The second kappa shape index (κ2) is 9.57. The average Bonchev–Trinajstić information content (AvgIpc) is 3.41. The summed E-state index contributed by atoms with van der Waals surface area (Å²) in [5.74, 6) is 0.773. The van der Waals surface area contributed by atoms with E-state index in [1.807, 2.05) is 54.6 Å². The lowest BCUT2D eigenvalue weighted by molar-refractivity contribution is -0.110. The van der Waals surface area contributed by atoms with Gasteiger partial charge in [0.2, 0.25) is 0 Å². The Morgan fingerprint density at radius 1 is 0.912 bits per heavy atom. The summed E-state index contributed by atoms with van der Waals surface area (Å²) in [6, 6.07) is 24.4. The fourth-order valence-electron chi connectivity index (χ4n) is 4.44. The molecule has 1 amide bonds. The van der Waals surface area contributed by atoms with Crippen LogP contribution in [-0.4, -0.2) is 42.0 Å². The van der Waals surface area contributed by atoms with Crippen LogP contribution in [0.3, 0.4) is 0 Å². The molecular weight excluding hydrogens is 422 g/mol. The zero-order valence-corrected chi connectivity index (χ0v) is 19.6. The number of hydrogen-bond donors (Lipinski definition) is 2. The minimum Gasteiger partial charge on any atom is -0.492 e. The Hall–Kier alpha value is -3.83. The van der Waals surface area contributed by atoms with Crippen LogP contribution in [0.2, 0.25) is 0 Å². The zero-order valence-electron chi connectivity index (χ0n) is 19.6. The molecule has 1 aliphatic rings. The molecule has 4 aromatic rings. The minimum absolute atomic E-state index is 0.0840. The number of nitrogens with one attached hydrogen (secondary N) is 2. The number of fused-ring (bicyclic) bond motifs is 2. The molecule has 0 saturated carbocycles. The lowest BCUT2D eigenvalue weighted by atomic mass is 10.00. The molecule has 0 unspecified atom stereocenters. The third kappa shape index (κ3) is 4.47. The molecule has 34 heavy (non-hydrogen) atoms. The van der Waals surface area contributed by atoms with Crippen molar-refractivity contribution >= 4 is 34.1 Å². The third-order valence-electron chi connectivity index (χ3n) is 6.39. The predicted molar refractivity (Wildman–Crippen MR) is 140 cm³/mol. The number of ether oxygens (including phenoxy) is 1. The molecule has 0 aliphatic carbocycles. The number of rotatable bonds is 8. The second-order valence-electron chi connectivity index (χ2n) is 8.49. The summed E-state index contributed by atoms with van der Waals surface area (Å²) in [4.78, 5) is 18.5. The van der Waals surface area contributed by atoms with Crippen molar-refractivity contribution in [2.75, 3.05) is 31.6 Å². The summed E-state index contributed by atoms with van der Waals surface area (Å²) in [5, 5.41) is 4.08. The highest BCUT2D eigenvalue weighted by Crippen LogP contribution is 2.36. The minimum atomic E-state index is -0.0840. The molecule has 3 aromatic carbocycles. The topological polar surface area (TPSA) is 57.4 Å². The molecule has 172 valence electrons. The smallest absolute Gasteiger partial charge is 0.256 e. The molecule has 5 rings (SSSR count). The lowest BCUT2D eigenvalue weighted by Crippen LogP contribution is -2.27. The lowest BCUT2D eigenvalue weighted by Gasteiger charge is -2.17. The number of carbonyl (C=O) groups is 1. The van der Waals surface area contributed by atoms with E-state index in [9.17, 15) is 4.79 Å². The first-order valence-corrected chi connectivity index (χ1v) is 11.9. The van der Waals surface area contributed by atoms with E-state index in [0.29, 0.717) is 12.2 Å². The number of nitrogens with zero attached hydrogens (tertiary/aromatic N) is 1. The number of anilines is 1. The van der Waals surface area contributed by atoms with Gasteiger partial charge in [0.15, 0.2) is 0 Å². The monoisotopic (exact) mass is 451 g/mol. The molecule has 2 heterocycles. The van der Waals surface area contributed by atoms with Gasteiger partial charge in [-0.15, -0.1) is 0 Å². The van der Waals surface area contributed by atoms with Crippen LogP contribution in [0.25, 0.3) is 33.7 Å². The Kier molecular flexibility index (Phi) is 6.19. The van der Waals surface area contributed by atoms with Crippen molar-refractivity contribution in [1.82, 2.24) is 9.88 Å². The molecule has 2 N–H and O–H groups in total. The summed E-state index contributed by atoms with van der Waals surface area (Å²) >= 11 is 0. The summed E-state index contributed by atoms with van der Waals surface area (Å²) < 4.78 is 5.97. The van der Waals surface area contributed by atoms with Crippen molar-refractivity contribution in [1.29, 1.82) is 0 Å². The van der Waals surface area contributed by atoms with Crippen molar-refractivity contribution in [2.24, 2.45) is 0 Å². The Bertz CT molecular complexity index is 1350. The normalized spacial score (nSPS) is 14.1. The number of aromatic nitrogens is 1. The van der Waals surface area contributed by atoms with E-state index in [1.165, 1.54) is 0 Å². The highest BCUT2D eigenvalue weighted by molar-refractivity contribution is 6.35. The van der Waals surface area contributed by atoms with Gasteiger partial charge in [0.25, 0.3) is 5.91 Å². The fourth-order valence-corrected chi connectivity index (χ4v) is 4.44. The maximum absolute atomic E-state index is 12.8. The third-order valence-corrected chi connectivity index (χ3v) is 6.39. The van der Waals surface area contributed by atoms with Gasteiger partial charge in [-0.3, -0.25) is 4.79 Å². The molecule has 1 aliphatic heterocycles. The van der Waals surface area contributed by atoms with Crippen molar-refractivity contribution in [3.8, 4) is 16.9 Å². The first kappa shape index (κ1) is 22.0. The molecule has 0 fully saturated rings. The molecule has 5 heteroatoms. The summed E-state index contributed by atoms with van der Waals surface area (Å²) in [5.41, 5.74) is 6.54. The standard InChI is InChI=1S/C29H29N3O2/c1-3-32(4-2)14-15-34-24-11-13-27-22(17-24)16-23(30-27)19-26-25-12-10-21(18-28(25)31-29(26)33)20-8-6-5-7-9-20/h5-13,16-19,30H,3-4,14-15H2,1-2H3,(H,31,33)/b26-19+. The van der Waals surface area contributed by atoms with Gasteiger partial charge < -0.3 is 19.9 Å². The Morgan fingerprint density at radius 2 is 1.74 bits per heavy atom. The first-order valence-electron chi connectivity index (χ1n) is 11.9. The van der Waals surface area contributed by atoms with E-state index in [0.717, 1.165) is 64.4 Å². The largest absolute Gasteiger partial charge is 0.492 e. The number of benzene rings is 3. The highest BCUT2D eigenvalue weighted by atomic mass is 16.5. The van der Waals surface area contributed by atoms with Crippen LogP contribution < -0.4 is 10.1 Å². The second-order valence-corrected chi connectivity index (χ2v) is 8.49. The van der Waals surface area contributed by atoms with E-state index in [2.05, 4.69) is 53.3 Å². The van der Waals surface area contributed by atoms with Crippen LogP contribution >= 0.6 is 0 Å². The predicted octanol–water partition coefficient (Wildman–Crippen LogP) is 6.05. The van der Waals surface area contributed by atoms with Crippen LogP contribution in [0.4, 0.5) is 5.69 Å². The molecule has 0 spiro atoms. The van der Waals surface area contributed by atoms with E-state index in [4.69, 9.17) is 4.74 Å². The highest BCUT2D eigenvalue weighted by Gasteiger charge is 2.24. The van der Waals surface area contributed by atoms with Gasteiger partial charge >= 0.3 is 0 Å². The van der Waals surface area contributed by atoms with E-state index >= 15 is 0 Å². The Balaban J connectivity index is 1.37. The molecule has 1 aromatic heterocycles. The van der Waals surface area contributed by atoms with E-state index in [-0.39, 0.29) is 5.91 Å². The van der Waals surface area contributed by atoms with Crippen molar-refractivity contribution in [3.63, 3.8) is 0 Å². The van der Waals surface area contributed by atoms with Gasteiger partial charge in [0, 0.05) is 34.4 Å². The van der Waals surface area contributed by atoms with Crippen molar-refractivity contribution in [2.45, 2.75) is 13.8 Å². The van der Waals surface area contributed by atoms with Gasteiger partial charge in [-0.2, -0.15) is 0 Å².